The quantitative estimate of drug-likeness (QED) is 0.551. The molecule has 3 fully saturated rings. The number of hydrogen-bond donors (Lipinski definition) is 4. The summed E-state index contributed by atoms with van der Waals surface area (Å²) in [6, 6.07) is 0. The summed E-state index contributed by atoms with van der Waals surface area (Å²) in [5.41, 5.74) is -2.56. The molecule has 29 heavy (non-hydrogen) atoms. The Hall–Kier alpha value is -1.57. The highest BCUT2D eigenvalue weighted by molar-refractivity contribution is 5.95. The molecule has 0 aromatic heterocycles. The van der Waals surface area contributed by atoms with E-state index in [0.29, 0.717) is 19.3 Å². The van der Waals surface area contributed by atoms with Crippen LogP contribution in [-0.2, 0) is 14.4 Å². The van der Waals surface area contributed by atoms with Crippen molar-refractivity contribution >= 4 is 17.5 Å². The van der Waals surface area contributed by atoms with E-state index in [1.165, 1.54) is 0 Å². The maximum absolute atomic E-state index is 12.4. The van der Waals surface area contributed by atoms with Crippen molar-refractivity contribution in [3.8, 4) is 0 Å². The van der Waals surface area contributed by atoms with Gasteiger partial charge in [0.25, 0.3) is 0 Å². The molecule has 4 rings (SSSR count). The third kappa shape index (κ3) is 2.50. The number of carboxylic acid groups (broad SMARTS) is 1. The van der Waals surface area contributed by atoms with Crippen LogP contribution in [0, 0.1) is 34.5 Å². The fourth-order valence-corrected chi connectivity index (χ4v) is 7.69. The average molecular weight is 406 g/mol. The first-order chi connectivity index (χ1) is 13.5. The van der Waals surface area contributed by atoms with Gasteiger partial charge >= 0.3 is 5.97 Å². The summed E-state index contributed by atoms with van der Waals surface area (Å²) in [4.78, 5) is 36.7. The van der Waals surface area contributed by atoms with Crippen molar-refractivity contribution in [1.29, 1.82) is 0 Å². The Morgan fingerprint density at radius 2 is 1.93 bits per heavy atom. The second-order valence-corrected chi connectivity index (χ2v) is 10.0. The van der Waals surface area contributed by atoms with E-state index in [9.17, 15) is 34.8 Å². The van der Waals surface area contributed by atoms with Gasteiger partial charge in [-0.15, -0.1) is 0 Å². The molecular weight excluding hydrogens is 376 g/mol. The first-order valence-corrected chi connectivity index (χ1v) is 10.5. The molecule has 0 radical (unpaired) electrons. The second kappa shape index (κ2) is 6.46. The van der Waals surface area contributed by atoms with Crippen molar-refractivity contribution in [2.75, 3.05) is 6.61 Å². The number of ketones is 2. The maximum Gasteiger partial charge on any atom is 0.307 e. The van der Waals surface area contributed by atoms with Gasteiger partial charge in [0, 0.05) is 17.3 Å². The lowest BCUT2D eigenvalue weighted by molar-refractivity contribution is -0.189. The fraction of sp³-hybridized carbons (Fsp3) is 0.773. The van der Waals surface area contributed by atoms with E-state index < -0.39 is 46.8 Å². The lowest BCUT2D eigenvalue weighted by Crippen LogP contribution is -2.63. The number of rotatable bonds is 3. The van der Waals surface area contributed by atoms with Crippen LogP contribution in [0.4, 0.5) is 0 Å². The summed E-state index contributed by atoms with van der Waals surface area (Å²) in [7, 11) is 0. The van der Waals surface area contributed by atoms with Crippen molar-refractivity contribution in [2.45, 2.75) is 64.1 Å². The summed E-state index contributed by atoms with van der Waals surface area (Å²) in [6.45, 7) is 2.95. The molecule has 0 spiro atoms. The number of Topliss-reactive ketones (excluding diaryl/α,β-unsaturated/α-hetero) is 1. The molecule has 7 heteroatoms. The lowest BCUT2D eigenvalue weighted by Gasteiger charge is -2.61. The first-order valence-electron chi connectivity index (χ1n) is 10.5. The number of carbonyl (C=O) groups is 3. The van der Waals surface area contributed by atoms with Crippen LogP contribution in [0.2, 0.25) is 0 Å². The van der Waals surface area contributed by atoms with Crippen LogP contribution in [0.15, 0.2) is 11.6 Å². The Bertz CT molecular complexity index is 803. The molecule has 160 valence electrons. The molecule has 1 unspecified atom stereocenters. The summed E-state index contributed by atoms with van der Waals surface area (Å²) >= 11 is 0. The van der Waals surface area contributed by atoms with Crippen molar-refractivity contribution in [3.63, 3.8) is 0 Å². The van der Waals surface area contributed by atoms with Crippen LogP contribution in [0.5, 0.6) is 0 Å². The number of fused-ring (bicyclic) bond motifs is 5. The zero-order valence-electron chi connectivity index (χ0n) is 16.9. The number of allylic oxidation sites excluding steroid dienone is 1. The highest BCUT2D eigenvalue weighted by Gasteiger charge is 2.69. The molecule has 0 amide bonds. The fourth-order valence-electron chi connectivity index (χ4n) is 7.69. The Labute approximate surface area is 169 Å². The van der Waals surface area contributed by atoms with Crippen LogP contribution in [0.1, 0.15) is 52.4 Å². The van der Waals surface area contributed by atoms with E-state index in [4.69, 9.17) is 0 Å². The van der Waals surface area contributed by atoms with Crippen LogP contribution in [0.3, 0.4) is 0 Å². The predicted molar refractivity (Wildman–Crippen MR) is 102 cm³/mol. The van der Waals surface area contributed by atoms with Gasteiger partial charge in [0.15, 0.2) is 11.6 Å². The van der Waals surface area contributed by atoms with Gasteiger partial charge in [0.05, 0.1) is 12.0 Å². The molecule has 4 N–H and O–H groups in total. The Morgan fingerprint density at radius 1 is 1.24 bits per heavy atom. The van der Waals surface area contributed by atoms with Gasteiger partial charge in [-0.3, -0.25) is 14.4 Å². The maximum atomic E-state index is 12.4. The average Bonchev–Trinajstić information content (AvgIpc) is 2.92. The molecule has 0 aliphatic heterocycles. The summed E-state index contributed by atoms with van der Waals surface area (Å²) < 4.78 is 0. The normalized spacial score (nSPS) is 48.9. The van der Waals surface area contributed by atoms with Crippen molar-refractivity contribution in [1.82, 2.24) is 0 Å². The van der Waals surface area contributed by atoms with Gasteiger partial charge in [0.2, 0.25) is 0 Å². The van der Waals surface area contributed by atoms with Crippen LogP contribution in [-0.4, -0.2) is 56.3 Å². The predicted octanol–water partition coefficient (Wildman–Crippen LogP) is 1.09. The van der Waals surface area contributed by atoms with E-state index in [1.807, 2.05) is 13.8 Å². The Balaban J connectivity index is 1.79. The molecule has 8 atom stereocenters. The largest absolute Gasteiger partial charge is 0.481 e. The third-order valence-electron chi connectivity index (χ3n) is 9.10. The molecular formula is C22H30O7. The van der Waals surface area contributed by atoms with Gasteiger partial charge in [0.1, 0.15) is 12.2 Å². The minimum Gasteiger partial charge on any atom is -0.481 e. The SMILES string of the molecule is C[C@]12C(=CC(=O)CC1C(=O)O)CC[C@@H]1[C@@H]2[C@@H](O)C[C@@]2(C)[C@H]1CC[C@]2(O)C(=O)CO. The molecule has 0 aromatic carbocycles. The van der Waals surface area contributed by atoms with Gasteiger partial charge in [-0.2, -0.15) is 0 Å². The van der Waals surface area contributed by atoms with Gasteiger partial charge in [-0.25, -0.2) is 0 Å². The molecule has 4 aliphatic rings. The summed E-state index contributed by atoms with van der Waals surface area (Å²) in [5.74, 6) is -3.15. The molecule has 3 saturated carbocycles. The molecule has 0 heterocycles. The van der Waals surface area contributed by atoms with Gasteiger partial charge < -0.3 is 20.4 Å². The van der Waals surface area contributed by atoms with E-state index in [-0.39, 0.29) is 42.8 Å². The smallest absolute Gasteiger partial charge is 0.307 e. The molecule has 4 aliphatic carbocycles. The summed E-state index contributed by atoms with van der Waals surface area (Å²) in [6.07, 6.45) is 2.88. The number of aliphatic hydroxyl groups is 3. The summed E-state index contributed by atoms with van der Waals surface area (Å²) in [5, 5.41) is 41.8. The van der Waals surface area contributed by atoms with Crippen molar-refractivity contribution in [2.24, 2.45) is 34.5 Å². The highest BCUT2D eigenvalue weighted by Crippen LogP contribution is 2.68. The van der Waals surface area contributed by atoms with Crippen LogP contribution < -0.4 is 0 Å². The number of carboxylic acids is 1. The molecule has 0 bridgehead atoms. The monoisotopic (exact) mass is 406 g/mol. The lowest BCUT2D eigenvalue weighted by atomic mass is 9.43. The van der Waals surface area contributed by atoms with Crippen molar-refractivity contribution < 1.29 is 34.8 Å². The highest BCUT2D eigenvalue weighted by atomic mass is 16.4. The zero-order valence-corrected chi connectivity index (χ0v) is 16.9. The Kier molecular flexibility index (Phi) is 4.61. The third-order valence-corrected chi connectivity index (χ3v) is 9.10. The van der Waals surface area contributed by atoms with E-state index >= 15 is 0 Å². The standard InChI is InChI=1S/C22H30O7/c1-20-9-16(25)18-13(14(20)5-6-22(20,29)17(26)10-23)4-3-11-7-12(24)8-15(19(27)28)21(11,18)2/h7,13-16,18,23,25,29H,3-6,8-10H2,1-2H3,(H,27,28)/t13-,14-,15?,16-,18+,20-,21-,22-/m0/s1. The van der Waals surface area contributed by atoms with Crippen molar-refractivity contribution in [3.05, 3.63) is 11.6 Å². The minimum absolute atomic E-state index is 0.0538. The van der Waals surface area contributed by atoms with Crippen LogP contribution in [0.25, 0.3) is 0 Å². The molecule has 0 saturated heterocycles. The number of hydrogen-bond acceptors (Lipinski definition) is 6. The number of aliphatic hydroxyl groups excluding tert-OH is 2. The van der Waals surface area contributed by atoms with Gasteiger partial charge in [-0.1, -0.05) is 19.4 Å². The van der Waals surface area contributed by atoms with E-state index in [2.05, 4.69) is 0 Å². The number of carbonyl (C=O) groups excluding carboxylic acids is 2. The van der Waals surface area contributed by atoms with Gasteiger partial charge in [-0.05, 0) is 55.9 Å². The second-order valence-electron chi connectivity index (χ2n) is 10.0. The Morgan fingerprint density at radius 3 is 2.55 bits per heavy atom. The topological polar surface area (TPSA) is 132 Å². The zero-order chi connectivity index (χ0) is 21.4. The van der Waals surface area contributed by atoms with E-state index in [0.717, 1.165) is 5.57 Å². The molecule has 7 nitrogen and oxygen atoms in total. The molecule has 0 aromatic rings. The van der Waals surface area contributed by atoms with Crippen LogP contribution >= 0.6 is 0 Å². The van der Waals surface area contributed by atoms with E-state index in [1.54, 1.807) is 6.08 Å². The number of aliphatic carboxylic acids is 1. The minimum atomic E-state index is -1.68. The first kappa shape index (κ1) is 20.7.